The molecule has 0 amide bonds. The molecule has 4 rings (SSSR count). The van der Waals surface area contributed by atoms with E-state index < -0.39 is 0 Å². The first-order chi connectivity index (χ1) is 12.3. The second-order valence-corrected chi connectivity index (χ2v) is 9.76. The zero-order chi connectivity index (χ0) is 18.7. The highest BCUT2D eigenvalue weighted by atomic mass is 35.5. The molecule has 0 bridgehead atoms. The summed E-state index contributed by atoms with van der Waals surface area (Å²) in [6.45, 7) is 10.5. The lowest BCUT2D eigenvalue weighted by Crippen LogP contribution is -1.92. The van der Waals surface area contributed by atoms with Crippen molar-refractivity contribution >= 4 is 54.4 Å². The molecule has 0 unspecified atom stereocenters. The molecule has 4 aromatic rings. The van der Waals surface area contributed by atoms with Crippen LogP contribution in [0.1, 0.15) is 37.6 Å². The summed E-state index contributed by atoms with van der Waals surface area (Å²) in [6.07, 6.45) is 0.744. The van der Waals surface area contributed by atoms with Crippen molar-refractivity contribution in [1.82, 2.24) is 0 Å². The summed E-state index contributed by atoms with van der Waals surface area (Å²) < 4.78 is 16.7. The molecule has 0 nitrogen and oxygen atoms in total. The van der Waals surface area contributed by atoms with Crippen LogP contribution in [-0.4, -0.2) is 0 Å². The molecule has 0 aliphatic heterocycles. The van der Waals surface area contributed by atoms with Crippen molar-refractivity contribution in [2.45, 2.75) is 41.0 Å². The van der Waals surface area contributed by atoms with Gasteiger partial charge in [0.1, 0.15) is 5.82 Å². The monoisotopic (exact) mass is 402 g/mol. The third-order valence-corrected chi connectivity index (χ3v) is 8.51. The first kappa shape index (κ1) is 18.0. The van der Waals surface area contributed by atoms with E-state index in [2.05, 4.69) is 26.8 Å². The normalized spacial score (nSPS) is 11.8. The van der Waals surface area contributed by atoms with Crippen molar-refractivity contribution in [2.75, 3.05) is 0 Å². The molecule has 0 saturated carbocycles. The number of fused-ring (bicyclic) bond motifs is 2. The lowest BCUT2D eigenvalue weighted by molar-refractivity contribution is 0.639. The maximum atomic E-state index is 14.4. The molecule has 0 fully saturated rings. The Morgan fingerprint density at radius 1 is 0.885 bits per heavy atom. The molecular weight excluding hydrogens is 383 g/mol. The van der Waals surface area contributed by atoms with Crippen molar-refractivity contribution in [3.8, 4) is 0 Å². The van der Waals surface area contributed by atoms with Crippen LogP contribution in [0.3, 0.4) is 0 Å². The van der Waals surface area contributed by atoms with E-state index in [4.69, 9.17) is 11.6 Å². The zero-order valence-electron chi connectivity index (χ0n) is 15.5. The topological polar surface area (TPSA) is 0 Å². The number of hydrogen-bond donors (Lipinski definition) is 0. The number of rotatable bonds is 2. The Labute approximate surface area is 166 Å². The van der Waals surface area contributed by atoms with E-state index >= 15 is 0 Å². The molecule has 2 aromatic heterocycles. The highest BCUT2D eigenvalue weighted by molar-refractivity contribution is 7.20. The Morgan fingerprint density at radius 2 is 1.58 bits per heavy atom. The number of thiophene rings is 2. The molecule has 0 radical (unpaired) electrons. The van der Waals surface area contributed by atoms with Crippen molar-refractivity contribution in [2.24, 2.45) is 0 Å². The number of benzene rings is 2. The second kappa shape index (κ2) is 6.33. The summed E-state index contributed by atoms with van der Waals surface area (Å²) in [5.74, 6) is -0.132. The predicted octanol–water partition coefficient (Wildman–Crippen LogP) is 8.04. The summed E-state index contributed by atoms with van der Waals surface area (Å²) in [7, 11) is 0. The lowest BCUT2D eigenvalue weighted by Gasteiger charge is -2.09. The van der Waals surface area contributed by atoms with Crippen molar-refractivity contribution < 1.29 is 4.39 Å². The Bertz CT molecular complexity index is 1180. The van der Waals surface area contributed by atoms with Crippen LogP contribution < -0.4 is 0 Å². The summed E-state index contributed by atoms with van der Waals surface area (Å²) in [4.78, 5) is 2.51. The van der Waals surface area contributed by atoms with Gasteiger partial charge < -0.3 is 0 Å². The lowest BCUT2D eigenvalue weighted by atomic mass is 10.0. The van der Waals surface area contributed by atoms with Gasteiger partial charge in [0.15, 0.2) is 0 Å². The Hall–Kier alpha value is -1.42. The van der Waals surface area contributed by atoms with E-state index in [-0.39, 0.29) is 5.82 Å². The smallest absolute Gasteiger partial charge is 0.132 e. The van der Waals surface area contributed by atoms with Crippen LogP contribution in [0.2, 0.25) is 5.02 Å². The maximum absolute atomic E-state index is 14.4. The first-order valence-electron chi connectivity index (χ1n) is 8.64. The quantitative estimate of drug-likeness (QED) is 0.318. The minimum Gasteiger partial charge on any atom is -0.206 e. The van der Waals surface area contributed by atoms with Crippen LogP contribution in [0.4, 0.5) is 4.39 Å². The fourth-order valence-electron chi connectivity index (χ4n) is 3.67. The SMILES string of the molecule is Cc1sc2c(C)cc(Cc3sc4c(C)ccc(F)c4c3C)c(Cl)c2c1C. The van der Waals surface area contributed by atoms with Crippen LogP contribution in [-0.2, 0) is 6.42 Å². The van der Waals surface area contributed by atoms with Crippen LogP contribution in [0.15, 0.2) is 18.2 Å². The average Bonchev–Trinajstić information content (AvgIpc) is 3.08. The second-order valence-electron chi connectivity index (χ2n) is 7.05. The third kappa shape index (κ3) is 2.60. The van der Waals surface area contributed by atoms with Crippen molar-refractivity contribution in [3.63, 3.8) is 0 Å². The van der Waals surface area contributed by atoms with E-state index in [1.165, 1.54) is 31.0 Å². The van der Waals surface area contributed by atoms with Gasteiger partial charge in [-0.15, -0.1) is 22.7 Å². The third-order valence-electron chi connectivity index (χ3n) is 5.31. The summed E-state index contributed by atoms with van der Waals surface area (Å²) in [5, 5.41) is 2.80. The number of aryl methyl sites for hydroxylation is 5. The highest BCUT2D eigenvalue weighted by Crippen LogP contribution is 2.42. The molecule has 0 aliphatic carbocycles. The maximum Gasteiger partial charge on any atom is 0.132 e. The van der Waals surface area contributed by atoms with E-state index in [1.54, 1.807) is 17.4 Å². The van der Waals surface area contributed by atoms with Gasteiger partial charge in [-0.2, -0.15) is 0 Å². The van der Waals surface area contributed by atoms with Gasteiger partial charge in [0.05, 0.1) is 5.02 Å². The van der Waals surface area contributed by atoms with Crippen molar-refractivity contribution in [1.29, 1.82) is 0 Å². The first-order valence-corrected chi connectivity index (χ1v) is 10.7. The van der Waals surface area contributed by atoms with E-state index in [0.29, 0.717) is 0 Å². The van der Waals surface area contributed by atoms with Crippen LogP contribution >= 0.6 is 34.3 Å². The van der Waals surface area contributed by atoms with Gasteiger partial charge in [-0.1, -0.05) is 23.7 Å². The molecule has 134 valence electrons. The van der Waals surface area contributed by atoms with Gasteiger partial charge in [-0.25, -0.2) is 4.39 Å². The van der Waals surface area contributed by atoms with Crippen LogP contribution in [0.25, 0.3) is 20.2 Å². The molecule has 0 atom stereocenters. The average molecular weight is 403 g/mol. The van der Waals surface area contributed by atoms with Gasteiger partial charge in [0.2, 0.25) is 0 Å². The van der Waals surface area contributed by atoms with E-state index in [1.807, 2.05) is 31.3 Å². The number of halogens is 2. The standard InChI is InChI=1S/C22H20ClFS2/c1-10-6-7-16(24)18-13(4)17(26-21(10)18)9-15-8-11(2)22-19(20(15)23)12(3)14(5)25-22/h6-8H,9H2,1-5H3. The highest BCUT2D eigenvalue weighted by Gasteiger charge is 2.18. The van der Waals surface area contributed by atoms with E-state index in [0.717, 1.165) is 38.2 Å². The predicted molar refractivity (Wildman–Crippen MR) is 115 cm³/mol. The molecule has 0 aliphatic rings. The van der Waals surface area contributed by atoms with E-state index in [9.17, 15) is 4.39 Å². The van der Waals surface area contributed by atoms with Gasteiger partial charge >= 0.3 is 0 Å². The Kier molecular flexibility index (Phi) is 4.37. The number of hydrogen-bond acceptors (Lipinski definition) is 2. The summed E-state index contributed by atoms with van der Waals surface area (Å²) in [6, 6.07) is 5.63. The molecule has 0 saturated heterocycles. The Balaban J connectivity index is 1.91. The molecule has 4 heteroatoms. The fraction of sp³-hybridized carbons (Fsp3) is 0.273. The summed E-state index contributed by atoms with van der Waals surface area (Å²) >= 11 is 10.3. The van der Waals surface area contributed by atoms with Gasteiger partial charge in [0.25, 0.3) is 0 Å². The zero-order valence-corrected chi connectivity index (χ0v) is 17.9. The van der Waals surface area contributed by atoms with Crippen molar-refractivity contribution in [3.05, 3.63) is 66.6 Å². The van der Waals surface area contributed by atoms with Gasteiger partial charge in [-0.3, -0.25) is 0 Å². The minimum atomic E-state index is -0.132. The molecule has 2 aromatic carbocycles. The van der Waals surface area contributed by atoms with Gasteiger partial charge in [-0.05, 0) is 68.5 Å². The van der Waals surface area contributed by atoms with Crippen LogP contribution in [0, 0.1) is 40.4 Å². The molecular formula is C22H20ClFS2. The molecule has 26 heavy (non-hydrogen) atoms. The van der Waals surface area contributed by atoms with Crippen LogP contribution in [0.5, 0.6) is 0 Å². The Morgan fingerprint density at radius 3 is 2.27 bits per heavy atom. The fourth-order valence-corrected chi connectivity index (χ4v) is 6.54. The molecule has 0 N–H and O–H groups in total. The molecule has 2 heterocycles. The molecule has 0 spiro atoms. The minimum absolute atomic E-state index is 0.132. The van der Waals surface area contributed by atoms with Gasteiger partial charge in [0, 0.05) is 36.3 Å². The summed E-state index contributed by atoms with van der Waals surface area (Å²) in [5.41, 5.74) is 5.84. The largest absolute Gasteiger partial charge is 0.206 e.